The van der Waals surface area contributed by atoms with Crippen molar-refractivity contribution in [2.75, 3.05) is 6.61 Å². The van der Waals surface area contributed by atoms with Gasteiger partial charge in [-0.25, -0.2) is 0 Å². The normalized spacial score (nSPS) is 12.8. The predicted molar refractivity (Wildman–Crippen MR) is 81.8 cm³/mol. The second kappa shape index (κ2) is 7.62. The summed E-state index contributed by atoms with van der Waals surface area (Å²) in [4.78, 5) is 0. The summed E-state index contributed by atoms with van der Waals surface area (Å²) in [5.41, 5.74) is 3.38. The molecule has 0 unspecified atom stereocenters. The molecular weight excluding hydrogens is 297 g/mol. The molecule has 0 radical (unpaired) electrons. The summed E-state index contributed by atoms with van der Waals surface area (Å²) >= 11 is 4.40. The minimum Gasteiger partial charge on any atom is -0.492 e. The van der Waals surface area contributed by atoms with Crippen LogP contribution in [-0.4, -0.2) is 11.9 Å². The molecule has 0 spiro atoms. The van der Waals surface area contributed by atoms with Crippen LogP contribution in [0.4, 0.5) is 13.2 Å². The summed E-state index contributed by atoms with van der Waals surface area (Å²) in [5.74, 6) is 0.791. The Balaban J connectivity index is 2.61. The van der Waals surface area contributed by atoms with Crippen LogP contribution in [0.1, 0.15) is 26.3 Å². The minimum atomic E-state index is -4.33. The summed E-state index contributed by atoms with van der Waals surface area (Å²) in [6, 6.07) is 4.63. The van der Waals surface area contributed by atoms with Crippen LogP contribution >= 0.6 is 12.6 Å². The van der Waals surface area contributed by atoms with Crippen LogP contribution in [0.15, 0.2) is 41.6 Å². The van der Waals surface area contributed by atoms with E-state index in [-0.39, 0.29) is 11.9 Å². The third-order valence-electron chi connectivity index (χ3n) is 2.73. The van der Waals surface area contributed by atoms with Gasteiger partial charge in [0, 0.05) is 0 Å². The van der Waals surface area contributed by atoms with E-state index in [1.54, 1.807) is 0 Å². The molecule has 0 fully saturated rings. The van der Waals surface area contributed by atoms with E-state index in [0.717, 1.165) is 17.7 Å². The van der Waals surface area contributed by atoms with Crippen molar-refractivity contribution in [3.8, 4) is 5.75 Å². The van der Waals surface area contributed by atoms with Crippen LogP contribution in [0.5, 0.6) is 5.75 Å². The standard InChI is InChI=1S/C16H19F3OS/c1-11(2)4-5-12(3)15(21)10-20-14-8-6-13(7-9-14)16(17,18)19/h4,6-9,11,15,21H,10H2,1-3H3/t5?,15-/m0/s1. The van der Waals surface area contributed by atoms with Crippen molar-refractivity contribution in [3.63, 3.8) is 0 Å². The molecule has 1 rings (SSSR count). The number of hydrogen-bond acceptors (Lipinski definition) is 2. The van der Waals surface area contributed by atoms with Crippen LogP contribution in [0.25, 0.3) is 0 Å². The zero-order valence-corrected chi connectivity index (χ0v) is 13.1. The van der Waals surface area contributed by atoms with Gasteiger partial charge in [-0.2, -0.15) is 25.8 Å². The molecule has 5 heteroatoms. The molecule has 0 aromatic heterocycles. The number of hydrogen-bond donors (Lipinski definition) is 1. The first-order chi connectivity index (χ1) is 9.70. The smallest absolute Gasteiger partial charge is 0.416 e. The topological polar surface area (TPSA) is 9.23 Å². The van der Waals surface area contributed by atoms with E-state index in [2.05, 4.69) is 18.4 Å². The average Bonchev–Trinajstić information content (AvgIpc) is 2.41. The van der Waals surface area contributed by atoms with Gasteiger partial charge in [-0.05, 0) is 48.8 Å². The maximum absolute atomic E-state index is 12.4. The van der Waals surface area contributed by atoms with Gasteiger partial charge in [0.05, 0.1) is 10.8 Å². The number of thiol groups is 1. The minimum absolute atomic E-state index is 0.151. The second-order valence-corrected chi connectivity index (χ2v) is 5.71. The Morgan fingerprint density at radius 2 is 1.86 bits per heavy atom. The molecule has 0 aliphatic carbocycles. The van der Waals surface area contributed by atoms with Gasteiger partial charge >= 0.3 is 6.18 Å². The van der Waals surface area contributed by atoms with Crippen molar-refractivity contribution >= 4 is 12.6 Å². The van der Waals surface area contributed by atoms with Crippen molar-refractivity contribution in [3.05, 3.63) is 47.2 Å². The molecule has 1 aromatic rings. The molecule has 1 nitrogen and oxygen atoms in total. The molecular formula is C16H19F3OS. The molecule has 1 aromatic carbocycles. The molecule has 0 aliphatic heterocycles. The predicted octanol–water partition coefficient (Wildman–Crippen LogP) is 5.14. The highest BCUT2D eigenvalue weighted by Crippen LogP contribution is 2.30. The van der Waals surface area contributed by atoms with E-state index in [4.69, 9.17) is 4.74 Å². The van der Waals surface area contributed by atoms with Gasteiger partial charge in [0.1, 0.15) is 12.4 Å². The molecule has 0 bridgehead atoms. The lowest BCUT2D eigenvalue weighted by molar-refractivity contribution is -0.137. The first kappa shape index (κ1) is 17.7. The van der Waals surface area contributed by atoms with Gasteiger partial charge in [0.15, 0.2) is 0 Å². The van der Waals surface area contributed by atoms with E-state index < -0.39 is 11.7 Å². The molecule has 0 N–H and O–H groups in total. The van der Waals surface area contributed by atoms with Crippen molar-refractivity contribution in [2.45, 2.75) is 32.2 Å². The third-order valence-corrected chi connectivity index (χ3v) is 3.27. The van der Waals surface area contributed by atoms with Crippen LogP contribution in [0.2, 0.25) is 0 Å². The summed E-state index contributed by atoms with van der Waals surface area (Å²) in [6.07, 6.45) is -2.39. The molecule has 1 atom stereocenters. The van der Waals surface area contributed by atoms with E-state index >= 15 is 0 Å². The first-order valence-corrected chi connectivity index (χ1v) is 7.13. The Labute approximate surface area is 128 Å². The maximum atomic E-state index is 12.4. The number of ether oxygens (including phenoxy) is 1. The van der Waals surface area contributed by atoms with E-state index in [1.807, 2.05) is 26.8 Å². The zero-order chi connectivity index (χ0) is 16.0. The first-order valence-electron chi connectivity index (χ1n) is 6.61. The highest BCUT2D eigenvalue weighted by atomic mass is 32.1. The lowest BCUT2D eigenvalue weighted by Gasteiger charge is -2.13. The molecule has 0 heterocycles. The summed E-state index contributed by atoms with van der Waals surface area (Å²) in [5, 5.41) is -0.151. The summed E-state index contributed by atoms with van der Waals surface area (Å²) < 4.78 is 42.7. The quantitative estimate of drug-likeness (QED) is 0.584. The fourth-order valence-corrected chi connectivity index (χ4v) is 1.58. The van der Waals surface area contributed by atoms with Gasteiger partial charge in [-0.15, -0.1) is 5.73 Å². The Hall–Kier alpha value is -1.32. The number of benzene rings is 1. The van der Waals surface area contributed by atoms with Gasteiger partial charge in [0.2, 0.25) is 0 Å². The molecule has 0 aliphatic rings. The van der Waals surface area contributed by atoms with Crippen LogP contribution in [0.3, 0.4) is 0 Å². The second-order valence-electron chi connectivity index (χ2n) is 5.09. The third kappa shape index (κ3) is 6.32. The largest absolute Gasteiger partial charge is 0.492 e. The Bertz CT molecular complexity index is 511. The highest BCUT2D eigenvalue weighted by molar-refractivity contribution is 7.81. The van der Waals surface area contributed by atoms with Crippen molar-refractivity contribution in [1.82, 2.24) is 0 Å². The molecule has 0 amide bonds. The number of rotatable bonds is 5. The van der Waals surface area contributed by atoms with Crippen molar-refractivity contribution in [1.29, 1.82) is 0 Å². The van der Waals surface area contributed by atoms with E-state index in [9.17, 15) is 13.2 Å². The SMILES string of the molecule is CC(=C=CC(C)C)[C@@H](S)COc1ccc(C(F)(F)F)cc1. The van der Waals surface area contributed by atoms with Crippen LogP contribution in [0, 0.1) is 5.92 Å². The number of halogens is 3. The monoisotopic (exact) mass is 316 g/mol. The van der Waals surface area contributed by atoms with Gasteiger partial charge in [0.25, 0.3) is 0 Å². The Kier molecular flexibility index (Phi) is 6.43. The van der Waals surface area contributed by atoms with Crippen molar-refractivity contribution < 1.29 is 17.9 Å². The summed E-state index contributed by atoms with van der Waals surface area (Å²) in [6.45, 7) is 6.27. The van der Waals surface area contributed by atoms with Crippen LogP contribution in [-0.2, 0) is 6.18 Å². The molecule has 116 valence electrons. The Morgan fingerprint density at radius 3 is 2.33 bits per heavy atom. The summed E-state index contributed by atoms with van der Waals surface area (Å²) in [7, 11) is 0. The molecule has 21 heavy (non-hydrogen) atoms. The fourth-order valence-electron chi connectivity index (χ4n) is 1.43. The van der Waals surface area contributed by atoms with Crippen molar-refractivity contribution in [2.24, 2.45) is 5.92 Å². The van der Waals surface area contributed by atoms with Crippen LogP contribution < -0.4 is 4.74 Å². The molecule has 0 saturated carbocycles. The van der Waals surface area contributed by atoms with Gasteiger partial charge < -0.3 is 4.74 Å². The lowest BCUT2D eigenvalue weighted by atomic mass is 10.1. The van der Waals surface area contributed by atoms with Gasteiger partial charge in [-0.1, -0.05) is 13.8 Å². The van der Waals surface area contributed by atoms with E-state index in [0.29, 0.717) is 11.7 Å². The molecule has 0 saturated heterocycles. The lowest BCUT2D eigenvalue weighted by Crippen LogP contribution is -2.13. The average molecular weight is 316 g/mol. The maximum Gasteiger partial charge on any atom is 0.416 e. The zero-order valence-electron chi connectivity index (χ0n) is 12.2. The number of alkyl halides is 3. The Morgan fingerprint density at radius 1 is 1.29 bits per heavy atom. The van der Waals surface area contributed by atoms with Gasteiger partial charge in [-0.3, -0.25) is 0 Å². The van der Waals surface area contributed by atoms with E-state index in [1.165, 1.54) is 12.1 Å². The highest BCUT2D eigenvalue weighted by Gasteiger charge is 2.30. The fraction of sp³-hybridized carbons (Fsp3) is 0.438.